The number of aryl methyl sites for hydroxylation is 1. The van der Waals surface area contributed by atoms with E-state index in [1.165, 1.54) is 6.20 Å². The van der Waals surface area contributed by atoms with Crippen molar-refractivity contribution in [1.82, 2.24) is 14.9 Å². The van der Waals surface area contributed by atoms with Crippen molar-refractivity contribution in [2.45, 2.75) is 32.6 Å². The molecule has 1 atom stereocenters. The third-order valence-electron chi connectivity index (χ3n) is 5.12. The Morgan fingerprint density at radius 2 is 2.18 bits per heavy atom. The number of ether oxygens (including phenoxy) is 1. The molecule has 0 aliphatic carbocycles. The standard InChI is InChI=1S/C20H26N4O4/c1-13-10-15(28-2)6-7-16(13)22-18(25)8-5-14-4-3-9-24(12-14)19(26)17-11-21-20(27)23-17/h6-7,10-11,14H,3-5,8-9,12H2,1-2H3,(H,22,25)(H2,21,23,27)/t14-/m0/s1. The summed E-state index contributed by atoms with van der Waals surface area (Å²) in [4.78, 5) is 42.7. The molecule has 3 rings (SSSR count). The van der Waals surface area contributed by atoms with E-state index < -0.39 is 0 Å². The molecule has 28 heavy (non-hydrogen) atoms. The highest BCUT2D eigenvalue weighted by molar-refractivity contribution is 5.92. The molecule has 8 nitrogen and oxygen atoms in total. The Bertz CT molecular complexity index is 902. The maximum Gasteiger partial charge on any atom is 0.323 e. The molecule has 1 aromatic carbocycles. The molecule has 150 valence electrons. The quantitative estimate of drug-likeness (QED) is 0.708. The summed E-state index contributed by atoms with van der Waals surface area (Å²) in [7, 11) is 1.61. The Hall–Kier alpha value is -3.03. The van der Waals surface area contributed by atoms with E-state index in [2.05, 4.69) is 15.3 Å². The van der Waals surface area contributed by atoms with Crippen LogP contribution in [0.4, 0.5) is 5.69 Å². The molecule has 1 aliphatic heterocycles. The molecule has 0 saturated carbocycles. The van der Waals surface area contributed by atoms with Crippen molar-refractivity contribution in [2.75, 3.05) is 25.5 Å². The molecule has 2 aromatic rings. The molecule has 0 spiro atoms. The van der Waals surface area contributed by atoms with Gasteiger partial charge in [-0.05, 0) is 55.9 Å². The molecular formula is C20H26N4O4. The number of imidazole rings is 1. The monoisotopic (exact) mass is 386 g/mol. The van der Waals surface area contributed by atoms with Crippen molar-refractivity contribution in [1.29, 1.82) is 0 Å². The van der Waals surface area contributed by atoms with Crippen LogP contribution in [0.1, 0.15) is 41.7 Å². The van der Waals surface area contributed by atoms with E-state index in [4.69, 9.17) is 4.74 Å². The molecule has 0 bridgehead atoms. The van der Waals surface area contributed by atoms with E-state index >= 15 is 0 Å². The summed E-state index contributed by atoms with van der Waals surface area (Å²) in [6.07, 6.45) is 4.40. The number of amides is 2. The molecular weight excluding hydrogens is 360 g/mol. The predicted octanol–water partition coefficient (Wildman–Crippen LogP) is 2.29. The van der Waals surface area contributed by atoms with E-state index in [-0.39, 0.29) is 29.1 Å². The molecule has 1 aliphatic rings. The maximum atomic E-state index is 12.5. The fraction of sp³-hybridized carbons (Fsp3) is 0.450. The van der Waals surface area contributed by atoms with Crippen LogP contribution < -0.4 is 15.7 Å². The largest absolute Gasteiger partial charge is 0.497 e. The Kier molecular flexibility index (Phi) is 6.18. The first kappa shape index (κ1) is 19.7. The van der Waals surface area contributed by atoms with Gasteiger partial charge in [-0.2, -0.15) is 0 Å². The highest BCUT2D eigenvalue weighted by Gasteiger charge is 2.25. The van der Waals surface area contributed by atoms with E-state index in [1.807, 2.05) is 25.1 Å². The number of rotatable bonds is 6. The fourth-order valence-corrected chi connectivity index (χ4v) is 3.55. The number of methoxy groups -OCH3 is 1. The van der Waals surface area contributed by atoms with Crippen molar-refractivity contribution in [3.63, 3.8) is 0 Å². The van der Waals surface area contributed by atoms with Crippen LogP contribution in [0.2, 0.25) is 0 Å². The molecule has 8 heteroatoms. The lowest BCUT2D eigenvalue weighted by Gasteiger charge is -2.32. The first-order chi connectivity index (χ1) is 13.5. The summed E-state index contributed by atoms with van der Waals surface area (Å²) in [5.41, 5.74) is 1.62. The molecule has 2 amide bonds. The van der Waals surface area contributed by atoms with Gasteiger partial charge in [-0.25, -0.2) is 4.79 Å². The third-order valence-corrected chi connectivity index (χ3v) is 5.12. The van der Waals surface area contributed by atoms with Crippen LogP contribution in [-0.4, -0.2) is 46.9 Å². The first-order valence-electron chi connectivity index (χ1n) is 9.47. The van der Waals surface area contributed by atoms with Crippen molar-refractivity contribution < 1.29 is 14.3 Å². The molecule has 1 aromatic heterocycles. The number of H-pyrrole nitrogens is 2. The number of benzene rings is 1. The third kappa shape index (κ3) is 4.82. The van der Waals surface area contributed by atoms with Crippen molar-refractivity contribution >= 4 is 17.5 Å². The number of nitrogens with one attached hydrogen (secondary N) is 3. The average molecular weight is 386 g/mol. The van der Waals surface area contributed by atoms with Gasteiger partial charge in [-0.1, -0.05) is 0 Å². The molecule has 0 unspecified atom stereocenters. The van der Waals surface area contributed by atoms with Crippen LogP contribution in [0.15, 0.2) is 29.2 Å². The normalized spacial score (nSPS) is 16.6. The minimum Gasteiger partial charge on any atom is -0.497 e. The second-order valence-corrected chi connectivity index (χ2v) is 7.18. The molecule has 2 heterocycles. The summed E-state index contributed by atoms with van der Waals surface area (Å²) >= 11 is 0. The number of piperidine rings is 1. The minimum atomic E-state index is -0.387. The van der Waals surface area contributed by atoms with Gasteiger partial charge in [0.15, 0.2) is 0 Å². The number of aromatic amines is 2. The lowest BCUT2D eigenvalue weighted by molar-refractivity contribution is -0.116. The lowest BCUT2D eigenvalue weighted by Crippen LogP contribution is -2.40. The van der Waals surface area contributed by atoms with Gasteiger partial charge in [-0.15, -0.1) is 0 Å². The first-order valence-corrected chi connectivity index (χ1v) is 9.47. The predicted molar refractivity (Wildman–Crippen MR) is 106 cm³/mol. The van der Waals surface area contributed by atoms with Crippen LogP contribution in [0.5, 0.6) is 5.75 Å². The van der Waals surface area contributed by atoms with Gasteiger partial charge in [0.1, 0.15) is 11.4 Å². The van der Waals surface area contributed by atoms with Gasteiger partial charge in [0, 0.05) is 31.4 Å². The highest BCUT2D eigenvalue weighted by atomic mass is 16.5. The van der Waals surface area contributed by atoms with Gasteiger partial charge in [0.2, 0.25) is 5.91 Å². The van der Waals surface area contributed by atoms with Crippen LogP contribution >= 0.6 is 0 Å². The smallest absolute Gasteiger partial charge is 0.323 e. The molecule has 0 radical (unpaired) electrons. The summed E-state index contributed by atoms with van der Waals surface area (Å²) in [6.45, 7) is 3.19. The number of hydrogen-bond donors (Lipinski definition) is 3. The topological polar surface area (TPSA) is 107 Å². The number of hydrogen-bond acceptors (Lipinski definition) is 4. The number of aromatic nitrogens is 2. The molecule has 3 N–H and O–H groups in total. The van der Waals surface area contributed by atoms with Crippen LogP contribution in [0.25, 0.3) is 0 Å². The van der Waals surface area contributed by atoms with E-state index in [9.17, 15) is 14.4 Å². The zero-order chi connectivity index (χ0) is 20.1. The zero-order valence-corrected chi connectivity index (χ0v) is 16.2. The van der Waals surface area contributed by atoms with Crippen molar-refractivity contribution in [2.24, 2.45) is 5.92 Å². The van der Waals surface area contributed by atoms with Crippen LogP contribution in [0, 0.1) is 12.8 Å². The summed E-state index contributed by atoms with van der Waals surface area (Å²) in [5.74, 6) is 0.811. The number of carbonyl (C=O) groups is 2. The van der Waals surface area contributed by atoms with E-state index in [1.54, 1.807) is 12.0 Å². The minimum absolute atomic E-state index is 0.0355. The van der Waals surface area contributed by atoms with Gasteiger partial charge in [0.25, 0.3) is 5.91 Å². The van der Waals surface area contributed by atoms with Crippen LogP contribution in [-0.2, 0) is 4.79 Å². The van der Waals surface area contributed by atoms with Gasteiger partial charge < -0.3 is 24.9 Å². The van der Waals surface area contributed by atoms with E-state index in [0.717, 1.165) is 29.8 Å². The van der Waals surface area contributed by atoms with Crippen molar-refractivity contribution in [3.8, 4) is 5.75 Å². The summed E-state index contributed by atoms with van der Waals surface area (Å²) < 4.78 is 5.18. The Labute approximate surface area is 163 Å². The SMILES string of the molecule is COc1ccc(NC(=O)CC[C@@H]2CCCN(C(=O)c3c[nH]c(=O)[nH]3)C2)c(C)c1. The van der Waals surface area contributed by atoms with E-state index in [0.29, 0.717) is 25.9 Å². The Morgan fingerprint density at radius 3 is 2.86 bits per heavy atom. The number of anilines is 1. The number of likely N-dealkylation sites (tertiary alicyclic amines) is 1. The van der Waals surface area contributed by atoms with Crippen LogP contribution in [0.3, 0.4) is 0 Å². The van der Waals surface area contributed by atoms with Gasteiger partial charge in [0.05, 0.1) is 7.11 Å². The lowest BCUT2D eigenvalue weighted by atomic mass is 9.93. The average Bonchev–Trinajstić information content (AvgIpc) is 3.14. The summed E-state index contributed by atoms with van der Waals surface area (Å²) in [5, 5.41) is 2.94. The van der Waals surface area contributed by atoms with Gasteiger partial charge in [-0.3, -0.25) is 9.59 Å². The van der Waals surface area contributed by atoms with Crippen molar-refractivity contribution in [3.05, 3.63) is 46.1 Å². The second-order valence-electron chi connectivity index (χ2n) is 7.18. The highest BCUT2D eigenvalue weighted by Crippen LogP contribution is 2.24. The zero-order valence-electron chi connectivity index (χ0n) is 16.2. The molecule has 1 fully saturated rings. The maximum absolute atomic E-state index is 12.5. The second kappa shape index (κ2) is 8.77. The number of carbonyl (C=O) groups excluding carboxylic acids is 2. The Balaban J connectivity index is 1.50. The number of nitrogens with zero attached hydrogens (tertiary/aromatic N) is 1. The fourth-order valence-electron chi connectivity index (χ4n) is 3.55. The van der Waals surface area contributed by atoms with Gasteiger partial charge >= 0.3 is 5.69 Å². The molecule has 1 saturated heterocycles. The summed E-state index contributed by atoms with van der Waals surface area (Å²) in [6, 6.07) is 5.54. The Morgan fingerprint density at radius 1 is 1.36 bits per heavy atom.